The Morgan fingerprint density at radius 1 is 1.64 bits per heavy atom. The summed E-state index contributed by atoms with van der Waals surface area (Å²) >= 11 is 0. The third kappa shape index (κ3) is 1.65. The number of aromatic nitrogens is 4. The topological polar surface area (TPSA) is 106 Å². The lowest BCUT2D eigenvalue weighted by atomic mass is 10.5. The van der Waals surface area contributed by atoms with Crippen LogP contribution in [-0.2, 0) is 6.54 Å². The maximum absolute atomic E-state index is 5.56. The average Bonchev–Trinajstić information content (AvgIpc) is 2.72. The van der Waals surface area contributed by atoms with Gasteiger partial charge >= 0.3 is 0 Å². The molecule has 2 aromatic rings. The van der Waals surface area contributed by atoms with Crippen LogP contribution in [0.4, 0.5) is 11.5 Å². The molecule has 0 aliphatic rings. The lowest BCUT2D eigenvalue weighted by Gasteiger charge is -1.99. The first-order valence-electron chi connectivity index (χ1n) is 4.07. The van der Waals surface area contributed by atoms with Crippen LogP contribution in [0.15, 0.2) is 10.7 Å². The van der Waals surface area contributed by atoms with Crippen molar-refractivity contribution in [1.82, 2.24) is 20.3 Å². The Bertz CT molecular complexity index is 419. The van der Waals surface area contributed by atoms with Crippen LogP contribution in [0.2, 0.25) is 0 Å². The highest BCUT2D eigenvalue weighted by molar-refractivity contribution is 5.59. The highest BCUT2D eigenvalue weighted by Crippen LogP contribution is 2.13. The number of hydrogen-bond acceptors (Lipinski definition) is 6. The first-order valence-corrected chi connectivity index (χ1v) is 4.07. The van der Waals surface area contributed by atoms with Gasteiger partial charge in [0.2, 0.25) is 5.89 Å². The van der Waals surface area contributed by atoms with Crippen LogP contribution < -0.4 is 11.1 Å². The highest BCUT2D eigenvalue weighted by Gasteiger charge is 2.04. The molecule has 2 heterocycles. The van der Waals surface area contributed by atoms with E-state index < -0.39 is 0 Å². The summed E-state index contributed by atoms with van der Waals surface area (Å²) in [6, 6.07) is 0. The number of hydrogen-bond donors (Lipinski definition) is 3. The van der Waals surface area contributed by atoms with Crippen molar-refractivity contribution in [3.05, 3.63) is 17.9 Å². The molecule has 0 atom stereocenters. The predicted octanol–water partition coefficient (Wildman–Crippen LogP) is 0.295. The molecule has 0 radical (unpaired) electrons. The molecule has 0 spiro atoms. The normalized spacial score (nSPS) is 10.4. The second kappa shape index (κ2) is 3.36. The maximum atomic E-state index is 5.56. The van der Waals surface area contributed by atoms with Crippen molar-refractivity contribution in [2.75, 3.05) is 11.1 Å². The fourth-order valence-electron chi connectivity index (χ4n) is 1.02. The predicted molar refractivity (Wildman–Crippen MR) is 49.4 cm³/mol. The zero-order valence-electron chi connectivity index (χ0n) is 7.61. The number of nitrogens with zero attached hydrogens (tertiary/aromatic N) is 3. The Balaban J connectivity index is 1.98. The molecule has 2 aromatic heterocycles. The molecule has 0 unspecified atom stereocenters. The molecule has 7 nitrogen and oxygen atoms in total. The van der Waals surface area contributed by atoms with Crippen LogP contribution in [-0.4, -0.2) is 20.3 Å². The van der Waals surface area contributed by atoms with Gasteiger partial charge in [0.25, 0.3) is 0 Å². The standard InChI is InChI=1S/C7H10N6O/c1-4-11-6(14-13-4)3-9-5-2-10-12-7(5)8/h2,9H,3H2,1H3,(H3,8,10,12). The second-order valence-electron chi connectivity index (χ2n) is 2.79. The molecule has 0 saturated carbocycles. The van der Waals surface area contributed by atoms with Crippen LogP contribution in [0.1, 0.15) is 11.7 Å². The van der Waals surface area contributed by atoms with Crippen LogP contribution in [0.25, 0.3) is 0 Å². The number of nitrogens with two attached hydrogens (primary N) is 1. The van der Waals surface area contributed by atoms with Crippen LogP contribution in [0.5, 0.6) is 0 Å². The van der Waals surface area contributed by atoms with Gasteiger partial charge in [-0.15, -0.1) is 0 Å². The van der Waals surface area contributed by atoms with E-state index in [0.29, 0.717) is 24.1 Å². The molecule has 74 valence electrons. The summed E-state index contributed by atoms with van der Waals surface area (Å²) < 4.78 is 4.91. The number of H-pyrrole nitrogens is 1. The summed E-state index contributed by atoms with van der Waals surface area (Å²) in [6.07, 6.45) is 1.60. The molecule has 0 bridgehead atoms. The maximum Gasteiger partial charge on any atom is 0.245 e. The molecule has 0 aliphatic carbocycles. The van der Waals surface area contributed by atoms with Crippen molar-refractivity contribution in [2.24, 2.45) is 0 Å². The number of aromatic amines is 1. The zero-order valence-corrected chi connectivity index (χ0v) is 7.61. The minimum absolute atomic E-state index is 0.435. The van der Waals surface area contributed by atoms with Crippen molar-refractivity contribution in [3.8, 4) is 0 Å². The minimum atomic E-state index is 0.435. The number of nitrogens with one attached hydrogen (secondary N) is 2. The molecule has 0 fully saturated rings. The number of rotatable bonds is 3. The molecular weight excluding hydrogens is 184 g/mol. The van der Waals surface area contributed by atoms with Crippen molar-refractivity contribution in [3.63, 3.8) is 0 Å². The minimum Gasteiger partial charge on any atom is -0.382 e. The van der Waals surface area contributed by atoms with Gasteiger partial charge in [-0.1, -0.05) is 5.16 Å². The second-order valence-corrected chi connectivity index (χ2v) is 2.79. The van der Waals surface area contributed by atoms with Gasteiger partial charge in [-0.3, -0.25) is 5.10 Å². The Labute approximate surface area is 79.7 Å². The quantitative estimate of drug-likeness (QED) is 0.648. The highest BCUT2D eigenvalue weighted by atomic mass is 16.5. The molecular formula is C7H10N6O. The smallest absolute Gasteiger partial charge is 0.245 e. The molecule has 2 rings (SSSR count). The van der Waals surface area contributed by atoms with Gasteiger partial charge in [-0.2, -0.15) is 10.1 Å². The van der Waals surface area contributed by atoms with Gasteiger partial charge in [-0.05, 0) is 6.92 Å². The summed E-state index contributed by atoms with van der Waals surface area (Å²) in [5, 5.41) is 13.0. The molecule has 7 heteroatoms. The molecule has 0 aromatic carbocycles. The fraction of sp³-hybridized carbons (Fsp3) is 0.286. The van der Waals surface area contributed by atoms with Gasteiger partial charge in [0.15, 0.2) is 5.82 Å². The monoisotopic (exact) mass is 194 g/mol. The summed E-state index contributed by atoms with van der Waals surface area (Å²) in [4.78, 5) is 4.03. The largest absolute Gasteiger partial charge is 0.382 e. The fourth-order valence-corrected chi connectivity index (χ4v) is 1.02. The Morgan fingerprint density at radius 2 is 2.50 bits per heavy atom. The van der Waals surface area contributed by atoms with Gasteiger partial charge in [0, 0.05) is 0 Å². The Morgan fingerprint density at radius 3 is 3.07 bits per heavy atom. The van der Waals surface area contributed by atoms with Crippen LogP contribution >= 0.6 is 0 Å². The Hall–Kier alpha value is -2.05. The molecule has 14 heavy (non-hydrogen) atoms. The number of anilines is 2. The zero-order chi connectivity index (χ0) is 9.97. The van der Waals surface area contributed by atoms with Gasteiger partial charge < -0.3 is 15.6 Å². The summed E-state index contributed by atoms with van der Waals surface area (Å²) in [7, 11) is 0. The number of aryl methyl sites for hydroxylation is 1. The van der Waals surface area contributed by atoms with Crippen LogP contribution in [0.3, 0.4) is 0 Å². The average molecular weight is 194 g/mol. The van der Waals surface area contributed by atoms with E-state index in [2.05, 4.69) is 25.7 Å². The molecule has 0 aliphatic heterocycles. The first-order chi connectivity index (χ1) is 6.75. The lowest BCUT2D eigenvalue weighted by molar-refractivity contribution is 0.379. The summed E-state index contributed by atoms with van der Waals surface area (Å²) in [5.74, 6) is 1.62. The van der Waals surface area contributed by atoms with Crippen molar-refractivity contribution >= 4 is 11.5 Å². The summed E-state index contributed by atoms with van der Waals surface area (Å²) in [5.41, 5.74) is 6.29. The van der Waals surface area contributed by atoms with E-state index in [9.17, 15) is 0 Å². The van der Waals surface area contributed by atoms with E-state index in [1.54, 1.807) is 13.1 Å². The third-order valence-corrected chi connectivity index (χ3v) is 1.67. The van der Waals surface area contributed by atoms with E-state index in [-0.39, 0.29) is 0 Å². The lowest BCUT2D eigenvalue weighted by Crippen LogP contribution is -2.01. The Kier molecular flexibility index (Phi) is 2.05. The van der Waals surface area contributed by atoms with E-state index >= 15 is 0 Å². The molecule has 0 saturated heterocycles. The van der Waals surface area contributed by atoms with Crippen molar-refractivity contribution < 1.29 is 4.52 Å². The van der Waals surface area contributed by atoms with E-state index in [4.69, 9.17) is 10.3 Å². The van der Waals surface area contributed by atoms with Gasteiger partial charge in [0.05, 0.1) is 18.4 Å². The third-order valence-electron chi connectivity index (χ3n) is 1.67. The van der Waals surface area contributed by atoms with Gasteiger partial charge in [0.1, 0.15) is 5.82 Å². The van der Waals surface area contributed by atoms with E-state index in [1.165, 1.54) is 0 Å². The SMILES string of the molecule is Cc1noc(CNc2cn[nH]c2N)n1. The van der Waals surface area contributed by atoms with E-state index in [1.807, 2.05) is 0 Å². The van der Waals surface area contributed by atoms with Gasteiger partial charge in [-0.25, -0.2) is 0 Å². The summed E-state index contributed by atoms with van der Waals surface area (Å²) in [6.45, 7) is 2.20. The number of nitrogen functional groups attached to an aromatic ring is 1. The van der Waals surface area contributed by atoms with Crippen molar-refractivity contribution in [2.45, 2.75) is 13.5 Å². The van der Waals surface area contributed by atoms with Crippen molar-refractivity contribution in [1.29, 1.82) is 0 Å². The first kappa shape index (κ1) is 8.54. The van der Waals surface area contributed by atoms with E-state index in [0.717, 1.165) is 5.69 Å². The van der Waals surface area contributed by atoms with Crippen LogP contribution in [0, 0.1) is 6.92 Å². The molecule has 0 amide bonds. The molecule has 4 N–H and O–H groups in total.